The molecular weight excluding hydrogens is 216 g/mol. The Labute approximate surface area is 101 Å². The van der Waals surface area contributed by atoms with Gasteiger partial charge in [-0.2, -0.15) is 0 Å². The van der Waals surface area contributed by atoms with Crippen LogP contribution in [0.1, 0.15) is 11.1 Å². The summed E-state index contributed by atoms with van der Waals surface area (Å²) in [5, 5.41) is 3.09. The first-order chi connectivity index (χ1) is 8.33. The van der Waals surface area contributed by atoms with Crippen LogP contribution >= 0.6 is 0 Å². The number of carbonyl (C=O) groups is 1. The number of carbonyl (C=O) groups excluding carboxylic acids is 1. The second-order valence-electron chi connectivity index (χ2n) is 4.60. The maximum atomic E-state index is 11.9. The second kappa shape index (κ2) is 4.37. The lowest BCUT2D eigenvalue weighted by atomic mass is 10.0. The zero-order valence-corrected chi connectivity index (χ0v) is 9.69. The van der Waals surface area contributed by atoms with Crippen LogP contribution in [0.3, 0.4) is 0 Å². The highest BCUT2D eigenvalue weighted by atomic mass is 16.6. The summed E-state index contributed by atoms with van der Waals surface area (Å²) >= 11 is 0. The Hall–Kier alpha value is -1.55. The minimum Gasteiger partial charge on any atom is -0.443 e. The molecule has 1 N–H and O–H groups in total. The van der Waals surface area contributed by atoms with Gasteiger partial charge < -0.3 is 15.0 Å². The van der Waals surface area contributed by atoms with Crippen molar-refractivity contribution in [3.05, 3.63) is 35.4 Å². The number of hydrogen-bond donors (Lipinski definition) is 1. The molecule has 1 fully saturated rings. The smallest absolute Gasteiger partial charge is 0.410 e. The van der Waals surface area contributed by atoms with Crippen LogP contribution in [0.15, 0.2) is 24.3 Å². The minimum atomic E-state index is -0.175. The maximum absolute atomic E-state index is 11.9. The van der Waals surface area contributed by atoms with E-state index in [0.717, 1.165) is 26.1 Å². The first-order valence-corrected chi connectivity index (χ1v) is 6.06. The van der Waals surface area contributed by atoms with Crippen molar-refractivity contribution in [1.29, 1.82) is 0 Å². The molecule has 0 unspecified atom stereocenters. The monoisotopic (exact) mass is 232 g/mol. The van der Waals surface area contributed by atoms with E-state index in [-0.39, 0.29) is 12.2 Å². The molecule has 0 bridgehead atoms. The summed E-state index contributed by atoms with van der Waals surface area (Å²) in [6.07, 6.45) is 0.819. The minimum absolute atomic E-state index is 0.0691. The van der Waals surface area contributed by atoms with E-state index >= 15 is 0 Å². The third-order valence-corrected chi connectivity index (χ3v) is 3.40. The highest BCUT2D eigenvalue weighted by Gasteiger charge is 2.26. The zero-order chi connectivity index (χ0) is 11.7. The summed E-state index contributed by atoms with van der Waals surface area (Å²) < 4.78 is 5.37. The molecule has 0 saturated carbocycles. The first-order valence-electron chi connectivity index (χ1n) is 6.06. The summed E-state index contributed by atoms with van der Waals surface area (Å²) in [5.41, 5.74) is 2.59. The van der Waals surface area contributed by atoms with Gasteiger partial charge >= 0.3 is 6.09 Å². The Morgan fingerprint density at radius 2 is 2.06 bits per heavy atom. The van der Waals surface area contributed by atoms with Crippen molar-refractivity contribution in [2.75, 3.05) is 19.6 Å². The summed E-state index contributed by atoms with van der Waals surface area (Å²) in [6.45, 7) is 3.01. The summed E-state index contributed by atoms with van der Waals surface area (Å²) in [4.78, 5) is 13.7. The lowest BCUT2D eigenvalue weighted by molar-refractivity contribution is 0.0363. The molecule has 1 aromatic rings. The van der Waals surface area contributed by atoms with Gasteiger partial charge in [-0.15, -0.1) is 0 Å². The molecule has 90 valence electrons. The van der Waals surface area contributed by atoms with Gasteiger partial charge in [-0.3, -0.25) is 0 Å². The van der Waals surface area contributed by atoms with Crippen molar-refractivity contribution in [2.45, 2.75) is 19.1 Å². The number of rotatable bonds is 1. The average Bonchev–Trinajstić information content (AvgIpc) is 2.33. The number of fused-ring (bicyclic) bond motifs is 1. The van der Waals surface area contributed by atoms with Crippen LogP contribution < -0.4 is 5.32 Å². The van der Waals surface area contributed by atoms with Crippen molar-refractivity contribution >= 4 is 6.09 Å². The van der Waals surface area contributed by atoms with Crippen molar-refractivity contribution in [3.8, 4) is 0 Å². The molecular formula is C13H16N2O2. The van der Waals surface area contributed by atoms with E-state index in [9.17, 15) is 4.79 Å². The van der Waals surface area contributed by atoms with Gasteiger partial charge in [-0.1, -0.05) is 24.3 Å². The van der Waals surface area contributed by atoms with Gasteiger partial charge in [0.25, 0.3) is 0 Å². The lowest BCUT2D eigenvalue weighted by Gasteiger charge is -2.32. The van der Waals surface area contributed by atoms with E-state index in [1.165, 1.54) is 11.1 Å². The second-order valence-corrected chi connectivity index (χ2v) is 4.60. The molecule has 17 heavy (non-hydrogen) atoms. The van der Waals surface area contributed by atoms with Crippen molar-refractivity contribution in [2.24, 2.45) is 0 Å². The topological polar surface area (TPSA) is 41.6 Å². The molecule has 0 spiro atoms. The van der Waals surface area contributed by atoms with Gasteiger partial charge in [0, 0.05) is 26.2 Å². The van der Waals surface area contributed by atoms with Gasteiger partial charge in [-0.25, -0.2) is 4.79 Å². The quantitative estimate of drug-likeness (QED) is 0.790. The number of nitrogens with zero attached hydrogens (tertiary/aromatic N) is 1. The number of nitrogens with one attached hydrogen (secondary N) is 1. The first kappa shape index (κ1) is 10.6. The fourth-order valence-electron chi connectivity index (χ4n) is 2.21. The molecule has 2 heterocycles. The lowest BCUT2D eigenvalue weighted by Crippen LogP contribution is -2.51. The van der Waals surface area contributed by atoms with E-state index < -0.39 is 0 Å². The van der Waals surface area contributed by atoms with Crippen LogP contribution in [0.25, 0.3) is 0 Å². The molecule has 4 heteroatoms. The van der Waals surface area contributed by atoms with Crippen LogP contribution in [0.5, 0.6) is 0 Å². The van der Waals surface area contributed by atoms with Gasteiger partial charge in [0.2, 0.25) is 0 Å². The molecule has 1 aromatic carbocycles. The van der Waals surface area contributed by atoms with Crippen molar-refractivity contribution in [1.82, 2.24) is 10.2 Å². The fourth-order valence-corrected chi connectivity index (χ4v) is 2.21. The predicted octanol–water partition coefficient (Wildman–Crippen LogP) is 1.15. The molecule has 0 aliphatic carbocycles. The normalized spacial score (nSPS) is 19.4. The number of amides is 1. The average molecular weight is 232 g/mol. The molecule has 0 aromatic heterocycles. The summed E-state index contributed by atoms with van der Waals surface area (Å²) in [5.74, 6) is 0. The van der Waals surface area contributed by atoms with Crippen LogP contribution in [0.2, 0.25) is 0 Å². The molecule has 3 rings (SSSR count). The van der Waals surface area contributed by atoms with Gasteiger partial charge in [0.05, 0.1) is 0 Å². The van der Waals surface area contributed by atoms with E-state index in [0.29, 0.717) is 6.54 Å². The Morgan fingerprint density at radius 3 is 2.76 bits per heavy atom. The third kappa shape index (κ3) is 2.13. The summed E-state index contributed by atoms with van der Waals surface area (Å²) in [6, 6.07) is 8.28. The Kier molecular flexibility index (Phi) is 2.73. The van der Waals surface area contributed by atoms with E-state index in [1.54, 1.807) is 4.90 Å². The van der Waals surface area contributed by atoms with E-state index in [4.69, 9.17) is 4.74 Å². The number of hydrogen-bond acceptors (Lipinski definition) is 3. The van der Waals surface area contributed by atoms with Gasteiger partial charge in [-0.05, 0) is 17.5 Å². The highest BCUT2D eigenvalue weighted by molar-refractivity contribution is 5.68. The largest absolute Gasteiger partial charge is 0.443 e. The summed E-state index contributed by atoms with van der Waals surface area (Å²) in [7, 11) is 0. The van der Waals surface area contributed by atoms with Crippen LogP contribution in [-0.2, 0) is 17.7 Å². The van der Waals surface area contributed by atoms with E-state index in [2.05, 4.69) is 17.4 Å². The van der Waals surface area contributed by atoms with Crippen LogP contribution in [0, 0.1) is 0 Å². The molecule has 0 atom stereocenters. The number of ether oxygens (including phenoxy) is 1. The van der Waals surface area contributed by atoms with E-state index in [1.807, 2.05) is 12.1 Å². The SMILES string of the molecule is O=C(OC1CNC1)N1CCc2ccccc2C1. The number of benzene rings is 1. The van der Waals surface area contributed by atoms with Gasteiger partial charge in [0.1, 0.15) is 6.10 Å². The molecule has 1 amide bonds. The third-order valence-electron chi connectivity index (χ3n) is 3.40. The molecule has 2 aliphatic rings. The molecule has 1 saturated heterocycles. The molecule has 4 nitrogen and oxygen atoms in total. The Morgan fingerprint density at radius 1 is 1.29 bits per heavy atom. The molecule has 2 aliphatic heterocycles. The Bertz CT molecular complexity index is 429. The maximum Gasteiger partial charge on any atom is 0.410 e. The highest BCUT2D eigenvalue weighted by Crippen LogP contribution is 2.19. The van der Waals surface area contributed by atoms with Gasteiger partial charge in [0.15, 0.2) is 0 Å². The van der Waals surface area contributed by atoms with Crippen molar-refractivity contribution < 1.29 is 9.53 Å². The fraction of sp³-hybridized carbons (Fsp3) is 0.462. The predicted molar refractivity (Wildman–Crippen MR) is 63.7 cm³/mol. The van der Waals surface area contributed by atoms with Crippen molar-refractivity contribution in [3.63, 3.8) is 0 Å². The molecule has 0 radical (unpaired) electrons. The zero-order valence-electron chi connectivity index (χ0n) is 9.69. The van der Waals surface area contributed by atoms with Crippen LogP contribution in [-0.4, -0.2) is 36.7 Å². The Balaban J connectivity index is 1.64. The van der Waals surface area contributed by atoms with Crippen LogP contribution in [0.4, 0.5) is 4.79 Å². The standard InChI is InChI=1S/C13H16N2O2/c16-13(17-12-7-14-8-12)15-6-5-10-3-1-2-4-11(10)9-15/h1-4,12,14H,5-9H2.